The molecule has 0 atom stereocenters. The number of ether oxygens (including phenoxy) is 1. The van der Waals surface area contributed by atoms with E-state index in [1.54, 1.807) is 18.2 Å². The van der Waals surface area contributed by atoms with Crippen molar-refractivity contribution in [1.82, 2.24) is 4.98 Å². The Morgan fingerprint density at radius 1 is 1.18 bits per heavy atom. The van der Waals surface area contributed by atoms with Gasteiger partial charge < -0.3 is 15.0 Å². The molecule has 1 aliphatic heterocycles. The van der Waals surface area contributed by atoms with Crippen LogP contribution in [0.3, 0.4) is 0 Å². The first kappa shape index (κ1) is 14.4. The third kappa shape index (κ3) is 2.89. The Labute approximate surface area is 133 Å². The molecule has 2 aromatic rings. The molecule has 0 radical (unpaired) electrons. The SMILES string of the molecule is CN(C)c1ccc(/C=C2\Oc3ccc(Cl)nc3NC2=O)cc1. The third-order valence-corrected chi connectivity index (χ3v) is 3.42. The van der Waals surface area contributed by atoms with Crippen molar-refractivity contribution in [3.05, 3.63) is 52.9 Å². The maximum Gasteiger partial charge on any atom is 0.292 e. The summed E-state index contributed by atoms with van der Waals surface area (Å²) in [6.07, 6.45) is 1.69. The minimum absolute atomic E-state index is 0.217. The van der Waals surface area contributed by atoms with E-state index in [9.17, 15) is 4.79 Å². The lowest BCUT2D eigenvalue weighted by molar-refractivity contribution is -0.115. The van der Waals surface area contributed by atoms with Crippen molar-refractivity contribution in [2.75, 3.05) is 24.3 Å². The summed E-state index contributed by atoms with van der Waals surface area (Å²) in [4.78, 5) is 18.1. The van der Waals surface area contributed by atoms with E-state index in [-0.39, 0.29) is 11.7 Å². The molecule has 1 aromatic carbocycles. The van der Waals surface area contributed by atoms with Gasteiger partial charge >= 0.3 is 0 Å². The van der Waals surface area contributed by atoms with Crippen LogP contribution < -0.4 is 15.0 Å². The summed E-state index contributed by atoms with van der Waals surface area (Å²) >= 11 is 5.79. The van der Waals surface area contributed by atoms with Gasteiger partial charge in [-0.15, -0.1) is 0 Å². The van der Waals surface area contributed by atoms with E-state index >= 15 is 0 Å². The van der Waals surface area contributed by atoms with Gasteiger partial charge in [0.15, 0.2) is 17.3 Å². The summed E-state index contributed by atoms with van der Waals surface area (Å²) in [5.74, 6) is 0.672. The van der Waals surface area contributed by atoms with Crippen LogP contribution in [0.1, 0.15) is 5.56 Å². The highest BCUT2D eigenvalue weighted by atomic mass is 35.5. The van der Waals surface area contributed by atoms with Gasteiger partial charge in [0.25, 0.3) is 5.91 Å². The summed E-state index contributed by atoms with van der Waals surface area (Å²) in [5.41, 5.74) is 1.96. The number of rotatable bonds is 2. The molecule has 2 heterocycles. The minimum atomic E-state index is -0.348. The van der Waals surface area contributed by atoms with E-state index in [0.29, 0.717) is 16.7 Å². The van der Waals surface area contributed by atoms with Gasteiger partial charge in [-0.05, 0) is 35.9 Å². The van der Waals surface area contributed by atoms with Crippen LogP contribution in [0.2, 0.25) is 5.15 Å². The van der Waals surface area contributed by atoms with Gasteiger partial charge in [0.05, 0.1) is 0 Å². The largest absolute Gasteiger partial charge is 0.448 e. The Bertz CT molecular complexity index is 754. The van der Waals surface area contributed by atoms with Crippen molar-refractivity contribution in [3.8, 4) is 5.75 Å². The number of hydrogen-bond acceptors (Lipinski definition) is 4. The normalized spacial score (nSPS) is 15.0. The number of aromatic nitrogens is 1. The van der Waals surface area contributed by atoms with Gasteiger partial charge in [-0.1, -0.05) is 23.7 Å². The topological polar surface area (TPSA) is 54.5 Å². The van der Waals surface area contributed by atoms with Crippen molar-refractivity contribution < 1.29 is 9.53 Å². The van der Waals surface area contributed by atoms with Crippen molar-refractivity contribution in [2.45, 2.75) is 0 Å². The maximum absolute atomic E-state index is 12.1. The van der Waals surface area contributed by atoms with Gasteiger partial charge in [0.2, 0.25) is 0 Å². The molecule has 0 saturated carbocycles. The molecule has 5 nitrogen and oxygen atoms in total. The van der Waals surface area contributed by atoms with Gasteiger partial charge in [0, 0.05) is 19.8 Å². The highest BCUT2D eigenvalue weighted by Gasteiger charge is 2.23. The number of fused-ring (bicyclic) bond motifs is 1. The van der Waals surface area contributed by atoms with E-state index in [0.717, 1.165) is 11.3 Å². The molecular formula is C16H14ClN3O2. The van der Waals surface area contributed by atoms with Crippen molar-refractivity contribution in [2.24, 2.45) is 0 Å². The molecule has 6 heteroatoms. The summed E-state index contributed by atoms with van der Waals surface area (Å²) in [6.45, 7) is 0. The second-order valence-electron chi connectivity index (χ2n) is 5.03. The number of benzene rings is 1. The first-order valence-corrected chi connectivity index (χ1v) is 7.05. The molecule has 112 valence electrons. The average Bonchev–Trinajstić information content (AvgIpc) is 2.49. The van der Waals surface area contributed by atoms with Crippen LogP contribution in [-0.4, -0.2) is 25.0 Å². The molecule has 0 saturated heterocycles. The Balaban J connectivity index is 1.88. The smallest absolute Gasteiger partial charge is 0.292 e. The van der Waals surface area contributed by atoms with E-state index in [1.165, 1.54) is 0 Å². The second-order valence-corrected chi connectivity index (χ2v) is 5.42. The summed E-state index contributed by atoms with van der Waals surface area (Å²) < 4.78 is 5.60. The molecule has 1 aliphatic rings. The number of nitrogens with one attached hydrogen (secondary N) is 1. The van der Waals surface area contributed by atoms with E-state index in [2.05, 4.69) is 10.3 Å². The Morgan fingerprint density at radius 2 is 1.91 bits per heavy atom. The predicted octanol–water partition coefficient (Wildman–Crippen LogP) is 3.17. The van der Waals surface area contributed by atoms with E-state index in [4.69, 9.17) is 16.3 Å². The molecule has 0 spiro atoms. The number of pyridine rings is 1. The molecule has 1 amide bonds. The fraction of sp³-hybridized carbons (Fsp3) is 0.125. The third-order valence-electron chi connectivity index (χ3n) is 3.21. The summed E-state index contributed by atoms with van der Waals surface area (Å²) in [7, 11) is 3.94. The van der Waals surface area contributed by atoms with Crippen LogP contribution >= 0.6 is 11.6 Å². The summed E-state index contributed by atoms with van der Waals surface area (Å²) in [6, 6.07) is 11.1. The predicted molar refractivity (Wildman–Crippen MR) is 87.3 cm³/mol. The molecule has 0 aliphatic carbocycles. The number of halogens is 1. The monoisotopic (exact) mass is 315 g/mol. The van der Waals surface area contributed by atoms with Gasteiger partial charge in [-0.3, -0.25) is 4.79 Å². The van der Waals surface area contributed by atoms with Crippen LogP contribution in [0.4, 0.5) is 11.5 Å². The molecule has 1 aromatic heterocycles. The zero-order valence-corrected chi connectivity index (χ0v) is 12.9. The number of carbonyl (C=O) groups excluding carboxylic acids is 1. The first-order chi connectivity index (χ1) is 10.5. The highest BCUT2D eigenvalue weighted by Crippen LogP contribution is 2.31. The Kier molecular flexibility index (Phi) is 3.73. The number of nitrogens with zero attached hydrogens (tertiary/aromatic N) is 2. The molecule has 0 unspecified atom stereocenters. The molecule has 0 bridgehead atoms. The molecule has 22 heavy (non-hydrogen) atoms. The Hall–Kier alpha value is -2.53. The second kappa shape index (κ2) is 5.69. The van der Waals surface area contributed by atoms with Crippen LogP contribution in [0.5, 0.6) is 5.75 Å². The number of anilines is 2. The van der Waals surface area contributed by atoms with Crippen molar-refractivity contribution >= 4 is 35.1 Å². The molecule has 0 fully saturated rings. The zero-order valence-electron chi connectivity index (χ0n) is 12.1. The molecular weight excluding hydrogens is 302 g/mol. The Morgan fingerprint density at radius 3 is 2.59 bits per heavy atom. The number of amides is 1. The van der Waals surface area contributed by atoms with E-state index < -0.39 is 0 Å². The van der Waals surface area contributed by atoms with Gasteiger partial charge in [-0.25, -0.2) is 4.98 Å². The molecule has 3 rings (SSSR count). The minimum Gasteiger partial charge on any atom is -0.448 e. The number of carbonyl (C=O) groups is 1. The lowest BCUT2D eigenvalue weighted by Crippen LogP contribution is -2.24. The maximum atomic E-state index is 12.1. The standard InChI is InChI=1S/C16H14ClN3O2/c1-20(2)11-5-3-10(4-6-11)9-13-16(21)19-15-12(22-13)7-8-14(17)18-15/h3-9H,1-2H3,(H,18,19,21)/b13-9-. The van der Waals surface area contributed by atoms with Crippen molar-refractivity contribution in [1.29, 1.82) is 0 Å². The quantitative estimate of drug-likeness (QED) is 0.683. The van der Waals surface area contributed by atoms with Crippen molar-refractivity contribution in [3.63, 3.8) is 0 Å². The average molecular weight is 316 g/mol. The van der Waals surface area contributed by atoms with Crippen LogP contribution in [0.25, 0.3) is 6.08 Å². The van der Waals surface area contributed by atoms with Gasteiger partial charge in [-0.2, -0.15) is 0 Å². The highest BCUT2D eigenvalue weighted by molar-refractivity contribution is 6.29. The van der Waals surface area contributed by atoms with Gasteiger partial charge in [0.1, 0.15) is 5.15 Å². The zero-order chi connectivity index (χ0) is 15.7. The van der Waals surface area contributed by atoms with Crippen LogP contribution in [-0.2, 0) is 4.79 Å². The number of hydrogen-bond donors (Lipinski definition) is 1. The summed E-state index contributed by atoms with van der Waals surface area (Å²) in [5, 5.41) is 2.96. The fourth-order valence-corrected chi connectivity index (χ4v) is 2.19. The van der Waals surface area contributed by atoms with Crippen LogP contribution in [0.15, 0.2) is 42.2 Å². The first-order valence-electron chi connectivity index (χ1n) is 6.68. The van der Waals surface area contributed by atoms with Crippen LogP contribution in [0, 0.1) is 0 Å². The lowest BCUT2D eigenvalue weighted by atomic mass is 10.1. The van der Waals surface area contributed by atoms with E-state index in [1.807, 2.05) is 43.3 Å². The molecule has 1 N–H and O–H groups in total. The lowest BCUT2D eigenvalue weighted by Gasteiger charge is -2.19. The fourth-order valence-electron chi connectivity index (χ4n) is 2.04.